The van der Waals surface area contributed by atoms with Gasteiger partial charge in [-0.2, -0.15) is 4.98 Å². The van der Waals surface area contributed by atoms with Gasteiger partial charge in [0, 0.05) is 17.8 Å². The summed E-state index contributed by atoms with van der Waals surface area (Å²) in [5, 5.41) is 7.18. The molecule has 7 heteroatoms. The third kappa shape index (κ3) is 6.17. The van der Waals surface area contributed by atoms with Gasteiger partial charge in [0.15, 0.2) is 0 Å². The van der Waals surface area contributed by atoms with Crippen molar-refractivity contribution in [3.05, 3.63) is 95.9 Å². The first kappa shape index (κ1) is 23.8. The maximum atomic E-state index is 13.0. The number of anilines is 1. The summed E-state index contributed by atoms with van der Waals surface area (Å²) in [4.78, 5) is 19.7. The van der Waals surface area contributed by atoms with E-state index in [0.717, 1.165) is 42.0 Å². The van der Waals surface area contributed by atoms with Crippen molar-refractivity contribution in [2.45, 2.75) is 32.9 Å². The Morgan fingerprint density at radius 3 is 2.61 bits per heavy atom. The van der Waals surface area contributed by atoms with Crippen LogP contribution in [0.4, 0.5) is 5.69 Å². The second-order valence-corrected chi connectivity index (χ2v) is 9.24. The lowest BCUT2D eigenvalue weighted by molar-refractivity contribution is -0.121. The highest BCUT2D eigenvalue weighted by Gasteiger charge is 2.27. The lowest BCUT2D eigenvalue weighted by atomic mass is 9.97. The predicted octanol–water partition coefficient (Wildman–Crippen LogP) is 5.47. The molecule has 1 unspecified atom stereocenters. The number of aromatic nitrogens is 2. The van der Waals surface area contributed by atoms with E-state index in [4.69, 9.17) is 9.26 Å². The smallest absolute Gasteiger partial charge is 0.241 e. The summed E-state index contributed by atoms with van der Waals surface area (Å²) in [6.45, 7) is 4.66. The predicted molar refractivity (Wildman–Crippen MR) is 138 cm³/mol. The van der Waals surface area contributed by atoms with Crippen molar-refractivity contribution in [2.75, 3.05) is 18.4 Å². The molecule has 2 heterocycles. The number of aryl methyl sites for hydroxylation is 1. The molecule has 1 aliphatic heterocycles. The maximum absolute atomic E-state index is 13.0. The number of amides is 1. The summed E-state index contributed by atoms with van der Waals surface area (Å²) >= 11 is 0. The summed E-state index contributed by atoms with van der Waals surface area (Å²) in [6, 6.07) is 25.6. The SMILES string of the molecule is Cc1ccc(-c2noc(CN3CCCC(C(=O)Nc4ccc(OCc5ccccc5)cc4)C3)n2)cc1. The van der Waals surface area contributed by atoms with E-state index < -0.39 is 0 Å². The van der Waals surface area contributed by atoms with Crippen LogP contribution in [0.2, 0.25) is 0 Å². The Kier molecular flexibility index (Phi) is 7.38. The third-order valence-electron chi connectivity index (χ3n) is 6.38. The van der Waals surface area contributed by atoms with E-state index in [1.807, 2.05) is 85.8 Å². The summed E-state index contributed by atoms with van der Waals surface area (Å²) in [5.74, 6) is 1.87. The van der Waals surface area contributed by atoms with E-state index in [-0.39, 0.29) is 11.8 Å². The first-order valence-corrected chi connectivity index (χ1v) is 12.3. The van der Waals surface area contributed by atoms with Gasteiger partial charge in [0.25, 0.3) is 0 Å². The average molecular weight is 483 g/mol. The fourth-order valence-electron chi connectivity index (χ4n) is 4.36. The molecule has 3 aromatic carbocycles. The van der Waals surface area contributed by atoms with Gasteiger partial charge in [-0.05, 0) is 56.1 Å². The average Bonchev–Trinajstić information content (AvgIpc) is 3.38. The fourth-order valence-corrected chi connectivity index (χ4v) is 4.36. The zero-order valence-electron chi connectivity index (χ0n) is 20.4. The molecule has 5 rings (SSSR count). The number of hydrogen-bond acceptors (Lipinski definition) is 6. The highest BCUT2D eigenvalue weighted by atomic mass is 16.5. The van der Waals surface area contributed by atoms with Crippen LogP contribution in [-0.2, 0) is 17.9 Å². The molecule has 0 saturated carbocycles. The number of likely N-dealkylation sites (tertiary alicyclic amines) is 1. The zero-order chi connectivity index (χ0) is 24.7. The maximum Gasteiger partial charge on any atom is 0.241 e. The van der Waals surface area contributed by atoms with Crippen LogP contribution < -0.4 is 10.1 Å². The molecule has 1 atom stereocenters. The van der Waals surface area contributed by atoms with Crippen molar-refractivity contribution in [3.8, 4) is 17.1 Å². The van der Waals surface area contributed by atoms with E-state index in [9.17, 15) is 4.79 Å². The molecule has 0 bridgehead atoms. The van der Waals surface area contributed by atoms with E-state index in [0.29, 0.717) is 31.4 Å². The zero-order valence-corrected chi connectivity index (χ0v) is 20.4. The Morgan fingerprint density at radius 1 is 1.06 bits per heavy atom. The van der Waals surface area contributed by atoms with Crippen molar-refractivity contribution < 1.29 is 14.1 Å². The summed E-state index contributed by atoms with van der Waals surface area (Å²) < 4.78 is 11.3. The van der Waals surface area contributed by atoms with Gasteiger partial charge in [0.05, 0.1) is 12.5 Å². The molecular weight excluding hydrogens is 452 g/mol. The Hall–Kier alpha value is -3.97. The molecule has 1 N–H and O–H groups in total. The van der Waals surface area contributed by atoms with Crippen LogP contribution in [0.25, 0.3) is 11.4 Å². The van der Waals surface area contributed by atoms with Crippen LogP contribution in [0.5, 0.6) is 5.75 Å². The summed E-state index contributed by atoms with van der Waals surface area (Å²) in [6.07, 6.45) is 1.81. The van der Waals surface area contributed by atoms with Gasteiger partial charge in [-0.1, -0.05) is 65.3 Å². The van der Waals surface area contributed by atoms with E-state index in [2.05, 4.69) is 20.4 Å². The Labute approximate surface area is 211 Å². The lowest BCUT2D eigenvalue weighted by Gasteiger charge is -2.30. The molecular formula is C29H30N4O3. The van der Waals surface area contributed by atoms with Crippen LogP contribution in [-0.4, -0.2) is 34.0 Å². The monoisotopic (exact) mass is 482 g/mol. The molecule has 36 heavy (non-hydrogen) atoms. The first-order chi connectivity index (χ1) is 17.6. The minimum atomic E-state index is -0.0905. The van der Waals surface area contributed by atoms with Gasteiger partial charge in [0.2, 0.25) is 17.6 Å². The summed E-state index contributed by atoms with van der Waals surface area (Å²) in [7, 11) is 0. The molecule has 1 fully saturated rings. The van der Waals surface area contributed by atoms with Crippen molar-refractivity contribution in [2.24, 2.45) is 5.92 Å². The van der Waals surface area contributed by atoms with Gasteiger partial charge < -0.3 is 14.6 Å². The first-order valence-electron chi connectivity index (χ1n) is 12.3. The number of hydrogen-bond donors (Lipinski definition) is 1. The molecule has 1 aromatic heterocycles. The molecule has 0 radical (unpaired) electrons. The Bertz CT molecular complexity index is 1270. The Morgan fingerprint density at radius 2 is 1.83 bits per heavy atom. The van der Waals surface area contributed by atoms with Gasteiger partial charge in [-0.25, -0.2) is 0 Å². The topological polar surface area (TPSA) is 80.5 Å². The minimum absolute atomic E-state index is 0.0310. The third-order valence-corrected chi connectivity index (χ3v) is 6.38. The number of nitrogens with zero attached hydrogens (tertiary/aromatic N) is 3. The standard InChI is InChI=1S/C29H30N4O3/c1-21-9-11-23(12-10-21)28-31-27(36-32-28)19-33-17-5-8-24(18-33)29(34)30-25-13-15-26(16-14-25)35-20-22-6-3-2-4-7-22/h2-4,6-7,9-16,24H,5,8,17-20H2,1H3,(H,30,34). The van der Waals surface area contributed by atoms with Crippen LogP contribution in [0.3, 0.4) is 0 Å². The molecule has 0 aliphatic carbocycles. The minimum Gasteiger partial charge on any atom is -0.489 e. The largest absolute Gasteiger partial charge is 0.489 e. The van der Waals surface area contributed by atoms with E-state index in [1.54, 1.807) is 0 Å². The van der Waals surface area contributed by atoms with E-state index >= 15 is 0 Å². The van der Waals surface area contributed by atoms with Crippen molar-refractivity contribution >= 4 is 11.6 Å². The number of carbonyl (C=O) groups is 1. The quantitative estimate of drug-likeness (QED) is 0.358. The second kappa shape index (κ2) is 11.2. The van der Waals surface area contributed by atoms with Gasteiger partial charge in [-0.15, -0.1) is 0 Å². The van der Waals surface area contributed by atoms with Crippen LogP contribution in [0.1, 0.15) is 29.9 Å². The molecule has 4 aromatic rings. The fraction of sp³-hybridized carbons (Fsp3) is 0.276. The highest BCUT2D eigenvalue weighted by molar-refractivity contribution is 5.92. The number of carbonyl (C=O) groups excluding carboxylic acids is 1. The van der Waals surface area contributed by atoms with Crippen molar-refractivity contribution in [1.82, 2.24) is 15.0 Å². The van der Waals surface area contributed by atoms with Crippen LogP contribution >= 0.6 is 0 Å². The van der Waals surface area contributed by atoms with E-state index in [1.165, 1.54) is 5.56 Å². The van der Waals surface area contributed by atoms with Crippen molar-refractivity contribution in [3.63, 3.8) is 0 Å². The molecule has 1 aliphatic rings. The highest BCUT2D eigenvalue weighted by Crippen LogP contribution is 2.23. The second-order valence-electron chi connectivity index (χ2n) is 9.24. The Balaban J connectivity index is 1.12. The molecule has 0 spiro atoms. The van der Waals surface area contributed by atoms with Crippen LogP contribution in [0.15, 0.2) is 83.4 Å². The molecule has 7 nitrogen and oxygen atoms in total. The van der Waals surface area contributed by atoms with Gasteiger partial charge in [0.1, 0.15) is 12.4 Å². The van der Waals surface area contributed by atoms with Crippen molar-refractivity contribution in [1.29, 1.82) is 0 Å². The number of nitrogens with one attached hydrogen (secondary N) is 1. The lowest BCUT2D eigenvalue weighted by Crippen LogP contribution is -2.40. The molecule has 1 saturated heterocycles. The van der Waals surface area contributed by atoms with Gasteiger partial charge in [-0.3, -0.25) is 9.69 Å². The molecule has 1 amide bonds. The summed E-state index contributed by atoms with van der Waals surface area (Å²) in [5.41, 5.74) is 4.00. The number of benzene rings is 3. The molecule has 184 valence electrons. The normalized spacial score (nSPS) is 16.0. The number of piperidine rings is 1. The number of rotatable bonds is 8. The van der Waals surface area contributed by atoms with Gasteiger partial charge >= 0.3 is 0 Å². The number of ether oxygens (including phenoxy) is 1. The van der Waals surface area contributed by atoms with Crippen LogP contribution in [0, 0.1) is 12.8 Å².